The number of pyridine rings is 4. The maximum absolute atomic E-state index is 7.55. The van der Waals surface area contributed by atoms with Crippen LogP contribution in [-0.2, 0) is 28.2 Å². The Morgan fingerprint density at radius 2 is 0.794 bits per heavy atom. The Morgan fingerprint density at radius 3 is 1.27 bits per heavy atom. The van der Waals surface area contributed by atoms with Crippen LogP contribution in [0, 0.1) is 76.0 Å². The lowest BCUT2D eigenvalue weighted by atomic mass is 9.99. The molecule has 0 atom stereocenters. The van der Waals surface area contributed by atoms with Crippen molar-refractivity contribution in [3.05, 3.63) is 213 Å². The van der Waals surface area contributed by atoms with E-state index in [1.165, 1.54) is 61.5 Å². The first-order chi connectivity index (χ1) is 32.4. The van der Waals surface area contributed by atoms with Crippen molar-refractivity contribution >= 4 is 0 Å². The van der Waals surface area contributed by atoms with Gasteiger partial charge in [0.1, 0.15) is 28.2 Å². The van der Waals surface area contributed by atoms with Crippen LogP contribution in [0.3, 0.4) is 0 Å². The van der Waals surface area contributed by atoms with Crippen molar-refractivity contribution in [3.63, 3.8) is 0 Å². The Hall–Kier alpha value is -6.52. The molecule has 8 aromatic rings. The third-order valence-corrected chi connectivity index (χ3v) is 11.8. The predicted molar refractivity (Wildman–Crippen MR) is 264 cm³/mol. The van der Waals surface area contributed by atoms with Crippen LogP contribution >= 0.6 is 0 Å². The summed E-state index contributed by atoms with van der Waals surface area (Å²) in [4.78, 5) is 0. The number of aryl methyl sites for hydroxylation is 14. The topological polar surface area (TPSA) is 15.5 Å². The van der Waals surface area contributed by atoms with Gasteiger partial charge in [0.05, 0.1) is 0 Å². The molecule has 0 aliphatic rings. The van der Waals surface area contributed by atoms with E-state index < -0.39 is 13.7 Å². The van der Waals surface area contributed by atoms with Crippen molar-refractivity contribution in [2.75, 3.05) is 0 Å². The number of hydrogen-bond donors (Lipinski definition) is 0. The molecule has 0 bridgehead atoms. The van der Waals surface area contributed by atoms with Gasteiger partial charge in [-0.2, -0.15) is 0 Å². The first kappa shape index (κ1) is 39.3. The maximum atomic E-state index is 7.55. The fraction of sp³-hybridized carbons (Fsp3) is 0.254. The zero-order chi connectivity index (χ0) is 51.0. The zero-order valence-electron chi connectivity index (χ0n) is 45.7. The van der Waals surface area contributed by atoms with Crippen LogP contribution in [-0.4, -0.2) is 0 Å². The van der Waals surface area contributed by atoms with Gasteiger partial charge in [0, 0.05) is 76.5 Å². The largest absolute Gasteiger partial charge is 0.215 e. The van der Waals surface area contributed by atoms with Gasteiger partial charge < -0.3 is 0 Å². The van der Waals surface area contributed by atoms with E-state index in [1.807, 2.05) is 67.4 Å². The highest BCUT2D eigenvalue weighted by Crippen LogP contribution is 2.26. The van der Waals surface area contributed by atoms with E-state index in [4.69, 9.17) is 8.22 Å². The van der Waals surface area contributed by atoms with Crippen LogP contribution in [0.4, 0.5) is 0 Å². The Balaban J connectivity index is 0.000000172. The van der Waals surface area contributed by atoms with Gasteiger partial charge >= 0.3 is 0 Å². The Bertz CT molecular complexity index is 3030. The van der Waals surface area contributed by atoms with Crippen LogP contribution in [0.25, 0.3) is 45.0 Å². The van der Waals surface area contributed by atoms with Gasteiger partial charge in [0.15, 0.2) is 24.8 Å². The van der Waals surface area contributed by atoms with Gasteiger partial charge in [-0.25, -0.2) is 18.3 Å². The molecule has 0 unspecified atom stereocenters. The minimum absolute atomic E-state index is 0.379. The number of aromatic nitrogens is 4. The second-order valence-corrected chi connectivity index (χ2v) is 16.7. The fourth-order valence-electron chi connectivity index (χ4n) is 8.10. The molecule has 0 spiro atoms. The van der Waals surface area contributed by atoms with E-state index in [9.17, 15) is 0 Å². The average molecular weight is 841 g/mol. The van der Waals surface area contributed by atoms with Gasteiger partial charge in [-0.05, 0) is 146 Å². The highest BCUT2D eigenvalue weighted by atomic mass is 14.9. The molecule has 4 heteroatoms. The van der Waals surface area contributed by atoms with Gasteiger partial charge in [-0.3, -0.25) is 0 Å². The average Bonchev–Trinajstić information content (AvgIpc) is 3.27. The highest BCUT2D eigenvalue weighted by molar-refractivity contribution is 5.66. The summed E-state index contributed by atoms with van der Waals surface area (Å²) < 4.78 is 53.3. The predicted octanol–water partition coefficient (Wildman–Crippen LogP) is 12.1. The Morgan fingerprint density at radius 1 is 0.333 bits per heavy atom. The third-order valence-electron chi connectivity index (χ3n) is 11.8. The molecule has 0 saturated carbocycles. The fourth-order valence-corrected chi connectivity index (χ4v) is 8.10. The monoisotopic (exact) mass is 841 g/mol. The number of nitrogens with zero attached hydrogens (tertiary/aromatic N) is 4. The van der Waals surface area contributed by atoms with E-state index in [0.29, 0.717) is 11.1 Å². The van der Waals surface area contributed by atoms with E-state index >= 15 is 0 Å². The summed E-state index contributed by atoms with van der Waals surface area (Å²) in [7, 11) is 7.98. The first-order valence-corrected chi connectivity index (χ1v) is 21.6. The minimum atomic E-state index is -2.06. The van der Waals surface area contributed by atoms with E-state index in [1.54, 1.807) is 18.5 Å². The summed E-state index contributed by atoms with van der Waals surface area (Å²) in [6.45, 7) is 14.6. The number of hydrogen-bond acceptors (Lipinski definition) is 0. The van der Waals surface area contributed by atoms with E-state index in [0.717, 1.165) is 33.6 Å². The van der Waals surface area contributed by atoms with Crippen molar-refractivity contribution in [2.45, 2.75) is 76.0 Å². The quantitative estimate of drug-likeness (QED) is 0.157. The molecule has 4 aromatic heterocycles. The summed E-state index contributed by atoms with van der Waals surface area (Å²) in [6, 6.07) is 43.4. The minimum Gasteiger partial charge on any atom is -0.201 e. The summed E-state index contributed by atoms with van der Waals surface area (Å²) >= 11 is 0. The molecule has 4 nitrogen and oxygen atoms in total. The van der Waals surface area contributed by atoms with Crippen LogP contribution in [0.5, 0.6) is 0 Å². The van der Waals surface area contributed by atoms with Crippen LogP contribution in [0.1, 0.15) is 69.4 Å². The van der Waals surface area contributed by atoms with Crippen molar-refractivity contribution in [1.29, 1.82) is 0 Å². The second kappa shape index (κ2) is 21.5. The third kappa shape index (κ3) is 11.7. The van der Waals surface area contributed by atoms with Crippen LogP contribution < -0.4 is 18.3 Å². The molecule has 8 rings (SSSR count). The Labute approximate surface area is 387 Å². The molecule has 4 heterocycles. The second-order valence-electron chi connectivity index (χ2n) is 16.7. The molecule has 0 aliphatic carbocycles. The first-order valence-electron chi connectivity index (χ1n) is 24.6. The van der Waals surface area contributed by atoms with Crippen molar-refractivity contribution < 1.29 is 26.5 Å². The lowest BCUT2D eigenvalue weighted by Gasteiger charge is -2.08. The molecule has 0 aliphatic heterocycles. The summed E-state index contributed by atoms with van der Waals surface area (Å²) in [5.74, 6) is 0. The molecule has 0 fully saturated rings. The SMILES string of the molecule is Cc1ccccc1-c1c(C)c(C)cc[n+]1C.Cc1ccccc1-c1c(C)ccc[n+]1C.[2H]C([2H])([2H])c1c[n+](C)c(-c2ccccc2C)cc1C.[2H]C([2H])([2H])c1cc(C)c(-c2ccccc2C)[n+](C)c1. The normalized spacial score (nSPS) is 12.3. The molecule has 63 heavy (non-hydrogen) atoms. The molecule has 0 saturated heterocycles. The smallest absolute Gasteiger partial charge is 0.201 e. The lowest BCUT2D eigenvalue weighted by Crippen LogP contribution is -2.32. The highest BCUT2D eigenvalue weighted by Gasteiger charge is 2.18. The molecule has 0 N–H and O–H groups in total. The summed E-state index contributed by atoms with van der Waals surface area (Å²) in [6.07, 6.45) is 7.63. The standard InChI is InChI=1S/3C15H18N.C14H16N/c1-11-9-13(3)15(16(4)10-11)14-8-6-5-7-12(14)2;1-11-7-5-6-8-14(11)15-9-12(2)13(3)10-16(15)4;1-11-9-10-16(4)15(13(11)3)14-8-6-5-7-12(14)2;1-11-7-4-5-9-13(11)14-12(2)8-6-10-15(14)3/h3*5-10H,1-4H3;4-10H,1-3H3/q4*+1/i1D3;3D3;;. The van der Waals surface area contributed by atoms with Crippen LogP contribution in [0.2, 0.25) is 0 Å². The number of benzene rings is 4. The van der Waals surface area contributed by atoms with Crippen molar-refractivity contribution in [1.82, 2.24) is 0 Å². The lowest BCUT2D eigenvalue weighted by molar-refractivity contribution is -0.661. The van der Waals surface area contributed by atoms with Gasteiger partial charge in [0.2, 0.25) is 22.8 Å². The Kier molecular flexibility index (Phi) is 13.4. The van der Waals surface area contributed by atoms with Gasteiger partial charge in [0.25, 0.3) is 0 Å². The van der Waals surface area contributed by atoms with Crippen LogP contribution in [0.15, 0.2) is 152 Å². The van der Waals surface area contributed by atoms with E-state index in [2.05, 4.69) is 175 Å². The van der Waals surface area contributed by atoms with Gasteiger partial charge in [-0.1, -0.05) is 72.8 Å². The summed E-state index contributed by atoms with van der Waals surface area (Å²) in [5, 5.41) is 0. The molecular formula is C59H70N4+4. The maximum Gasteiger partial charge on any atom is 0.215 e. The summed E-state index contributed by atoms with van der Waals surface area (Å²) in [5.41, 5.74) is 21.2. The molecular weight excluding hydrogens is 765 g/mol. The number of rotatable bonds is 4. The molecule has 0 radical (unpaired) electrons. The zero-order valence-corrected chi connectivity index (χ0v) is 39.7. The van der Waals surface area contributed by atoms with Crippen molar-refractivity contribution in [2.24, 2.45) is 28.2 Å². The molecule has 322 valence electrons. The molecule has 0 amide bonds. The van der Waals surface area contributed by atoms with Crippen molar-refractivity contribution in [3.8, 4) is 45.0 Å². The van der Waals surface area contributed by atoms with Gasteiger partial charge in [-0.15, -0.1) is 0 Å². The van der Waals surface area contributed by atoms with E-state index in [-0.39, 0.29) is 0 Å². The molecule has 4 aromatic carbocycles.